The molecule has 1 aromatic rings. The van der Waals surface area contributed by atoms with Crippen LogP contribution in [-0.2, 0) is 30.5 Å². The van der Waals surface area contributed by atoms with Crippen LogP contribution in [0.1, 0.15) is 31.2 Å². The minimum absolute atomic E-state index is 0.278. The molecule has 0 radical (unpaired) electrons. The molecule has 0 bridgehead atoms. The van der Waals surface area contributed by atoms with Crippen molar-refractivity contribution in [1.82, 2.24) is 10.2 Å². The van der Waals surface area contributed by atoms with Crippen molar-refractivity contribution in [2.45, 2.75) is 32.2 Å². The maximum absolute atomic E-state index is 12.3. The molecule has 1 saturated heterocycles. The topological polar surface area (TPSA) is 92.8 Å². The van der Waals surface area contributed by atoms with Crippen LogP contribution in [0.3, 0.4) is 0 Å². The summed E-state index contributed by atoms with van der Waals surface area (Å²) in [6, 6.07) is 6.98. The Morgan fingerprint density at radius 3 is 2.26 bits per heavy atom. The maximum atomic E-state index is 12.3. The molecule has 2 aliphatic rings. The molecular weight excluding hydrogens is 372 g/mol. The van der Waals surface area contributed by atoms with Gasteiger partial charge in [-0.2, -0.15) is 0 Å². The molecule has 3 rings (SSSR count). The Morgan fingerprint density at radius 1 is 1.07 bits per heavy atom. The van der Waals surface area contributed by atoms with Crippen LogP contribution in [0.2, 0.25) is 5.02 Å². The number of amides is 3. The molecule has 1 aromatic carbocycles. The number of halogens is 1. The molecule has 1 N–H and O–H groups in total. The smallest absolute Gasteiger partial charge is 0.326 e. The van der Waals surface area contributed by atoms with Crippen LogP contribution in [0.5, 0.6) is 0 Å². The van der Waals surface area contributed by atoms with Crippen molar-refractivity contribution >= 4 is 35.3 Å². The van der Waals surface area contributed by atoms with Crippen LogP contribution in [0.4, 0.5) is 0 Å². The van der Waals surface area contributed by atoms with Gasteiger partial charge in [-0.05, 0) is 30.5 Å². The molecule has 1 saturated carbocycles. The molecule has 3 amide bonds. The molecule has 2 fully saturated rings. The highest BCUT2D eigenvalue weighted by atomic mass is 35.5. The minimum atomic E-state index is -0.767. The van der Waals surface area contributed by atoms with Crippen LogP contribution >= 0.6 is 11.6 Å². The number of likely N-dealkylation sites (tertiary alicyclic amines) is 1. The van der Waals surface area contributed by atoms with Gasteiger partial charge in [0.1, 0.15) is 6.54 Å². The van der Waals surface area contributed by atoms with E-state index in [-0.39, 0.29) is 30.2 Å². The second kappa shape index (κ2) is 8.52. The highest BCUT2D eigenvalue weighted by Gasteiger charge is 2.48. The first-order valence-corrected chi connectivity index (χ1v) is 9.35. The van der Waals surface area contributed by atoms with Crippen molar-refractivity contribution in [2.24, 2.45) is 11.8 Å². The van der Waals surface area contributed by atoms with Gasteiger partial charge in [-0.3, -0.25) is 24.1 Å². The summed E-state index contributed by atoms with van der Waals surface area (Å²) in [7, 11) is 0. The first kappa shape index (κ1) is 19.4. The summed E-state index contributed by atoms with van der Waals surface area (Å²) < 4.78 is 4.91. The van der Waals surface area contributed by atoms with Crippen molar-refractivity contribution in [3.05, 3.63) is 34.9 Å². The summed E-state index contributed by atoms with van der Waals surface area (Å²) in [5.41, 5.74) is 0.856. The number of nitrogens with zero attached hydrogens (tertiary/aromatic N) is 1. The number of hydrogen-bond donors (Lipinski definition) is 1. The van der Waals surface area contributed by atoms with Gasteiger partial charge in [0.2, 0.25) is 11.8 Å². The number of imide groups is 1. The fourth-order valence-electron chi connectivity index (χ4n) is 3.56. The largest absolute Gasteiger partial charge is 0.454 e. The maximum Gasteiger partial charge on any atom is 0.326 e. The lowest BCUT2D eigenvalue weighted by molar-refractivity contribution is -0.154. The van der Waals surface area contributed by atoms with Crippen LogP contribution < -0.4 is 5.32 Å². The van der Waals surface area contributed by atoms with Crippen molar-refractivity contribution in [1.29, 1.82) is 0 Å². The normalized spacial score (nSPS) is 21.7. The van der Waals surface area contributed by atoms with E-state index in [1.165, 1.54) is 0 Å². The van der Waals surface area contributed by atoms with Crippen LogP contribution in [-0.4, -0.2) is 41.7 Å². The predicted octanol–water partition coefficient (Wildman–Crippen LogP) is 1.67. The van der Waals surface area contributed by atoms with Crippen LogP contribution in [0.25, 0.3) is 0 Å². The highest BCUT2D eigenvalue weighted by molar-refractivity contribution is 6.30. The van der Waals surface area contributed by atoms with E-state index in [0.29, 0.717) is 17.9 Å². The number of nitrogens with one attached hydrogen (secondary N) is 1. The number of benzene rings is 1. The van der Waals surface area contributed by atoms with Crippen molar-refractivity contribution in [3.8, 4) is 0 Å². The first-order valence-electron chi connectivity index (χ1n) is 8.97. The van der Waals surface area contributed by atoms with E-state index in [0.717, 1.165) is 23.3 Å². The second-order valence-electron chi connectivity index (χ2n) is 6.82. The highest BCUT2D eigenvalue weighted by Crippen LogP contribution is 2.37. The molecule has 1 heterocycles. The molecule has 144 valence electrons. The monoisotopic (exact) mass is 392 g/mol. The molecule has 8 heteroatoms. The third-order valence-electron chi connectivity index (χ3n) is 4.99. The molecule has 1 aliphatic heterocycles. The van der Waals surface area contributed by atoms with Gasteiger partial charge in [-0.1, -0.05) is 36.6 Å². The van der Waals surface area contributed by atoms with Crippen molar-refractivity contribution < 1.29 is 23.9 Å². The van der Waals surface area contributed by atoms with Crippen molar-refractivity contribution in [2.75, 3.05) is 13.2 Å². The SMILES string of the molecule is O=C(COC(=O)CN1C(=O)[C@@H]2CCCC[C@H]2C1=O)NCc1ccc(Cl)cc1. The molecular formula is C19H21ClN2O5. The summed E-state index contributed by atoms with van der Waals surface area (Å²) in [4.78, 5) is 49.4. The molecule has 1 aliphatic carbocycles. The third kappa shape index (κ3) is 4.66. The number of carbonyl (C=O) groups is 4. The zero-order valence-electron chi connectivity index (χ0n) is 14.8. The number of esters is 1. The predicted molar refractivity (Wildman–Crippen MR) is 96.4 cm³/mol. The van der Waals surface area contributed by atoms with E-state index < -0.39 is 25.0 Å². The molecule has 2 atom stereocenters. The molecule has 0 unspecified atom stereocenters. The quantitative estimate of drug-likeness (QED) is 0.587. The Hall–Kier alpha value is -2.41. The summed E-state index contributed by atoms with van der Waals surface area (Å²) in [5, 5.41) is 3.22. The summed E-state index contributed by atoms with van der Waals surface area (Å²) in [5.74, 6) is -2.44. The lowest BCUT2D eigenvalue weighted by Gasteiger charge is -2.19. The Morgan fingerprint density at radius 2 is 1.67 bits per heavy atom. The number of hydrogen-bond acceptors (Lipinski definition) is 5. The van der Waals surface area contributed by atoms with E-state index in [1.54, 1.807) is 24.3 Å². The van der Waals surface area contributed by atoms with E-state index >= 15 is 0 Å². The summed E-state index contributed by atoms with van der Waals surface area (Å²) in [6.45, 7) is -0.620. The molecule has 0 aromatic heterocycles. The number of fused-ring (bicyclic) bond motifs is 1. The molecule has 0 spiro atoms. The average Bonchev–Trinajstić information content (AvgIpc) is 2.91. The van der Waals surface area contributed by atoms with Crippen LogP contribution in [0.15, 0.2) is 24.3 Å². The molecule has 7 nitrogen and oxygen atoms in total. The fraction of sp³-hybridized carbons (Fsp3) is 0.474. The fourth-order valence-corrected chi connectivity index (χ4v) is 3.69. The van der Waals surface area contributed by atoms with Gasteiger partial charge in [-0.25, -0.2) is 0 Å². The van der Waals surface area contributed by atoms with E-state index in [1.807, 2.05) is 0 Å². The lowest BCUT2D eigenvalue weighted by Crippen LogP contribution is -2.38. The standard InChI is InChI=1S/C19H21ClN2O5/c20-13-7-5-12(6-8-13)9-21-16(23)11-27-17(24)10-22-18(25)14-3-1-2-4-15(14)19(22)26/h5-8,14-15H,1-4,9-11H2,(H,21,23)/t14-,15-/m1/s1. The number of rotatable bonds is 6. The first-order chi connectivity index (χ1) is 13.0. The Balaban J connectivity index is 1.42. The second-order valence-corrected chi connectivity index (χ2v) is 7.26. The van der Waals surface area contributed by atoms with E-state index in [9.17, 15) is 19.2 Å². The van der Waals surface area contributed by atoms with Gasteiger partial charge < -0.3 is 10.1 Å². The molecule has 27 heavy (non-hydrogen) atoms. The third-order valence-corrected chi connectivity index (χ3v) is 5.24. The van der Waals surface area contributed by atoms with Gasteiger partial charge in [0, 0.05) is 11.6 Å². The summed E-state index contributed by atoms with van der Waals surface area (Å²) >= 11 is 5.79. The Kier molecular flexibility index (Phi) is 6.11. The van der Waals surface area contributed by atoms with Gasteiger partial charge in [-0.15, -0.1) is 0 Å². The van der Waals surface area contributed by atoms with Crippen molar-refractivity contribution in [3.63, 3.8) is 0 Å². The Labute approximate surface area is 162 Å². The van der Waals surface area contributed by atoms with Crippen LogP contribution in [0, 0.1) is 11.8 Å². The number of carbonyl (C=O) groups excluding carboxylic acids is 4. The lowest BCUT2D eigenvalue weighted by atomic mass is 9.81. The van der Waals surface area contributed by atoms with E-state index in [2.05, 4.69) is 5.32 Å². The minimum Gasteiger partial charge on any atom is -0.454 e. The zero-order chi connectivity index (χ0) is 19.4. The van der Waals surface area contributed by atoms with Gasteiger partial charge in [0.15, 0.2) is 6.61 Å². The average molecular weight is 393 g/mol. The summed E-state index contributed by atoms with van der Waals surface area (Å²) in [6.07, 6.45) is 3.22. The van der Waals surface area contributed by atoms with Gasteiger partial charge in [0.25, 0.3) is 5.91 Å². The van der Waals surface area contributed by atoms with Gasteiger partial charge >= 0.3 is 5.97 Å². The number of ether oxygens (including phenoxy) is 1. The van der Waals surface area contributed by atoms with E-state index in [4.69, 9.17) is 16.3 Å². The zero-order valence-corrected chi connectivity index (χ0v) is 15.5. The van der Waals surface area contributed by atoms with Gasteiger partial charge in [0.05, 0.1) is 11.8 Å². The Bertz CT molecular complexity index is 725.